The van der Waals surface area contributed by atoms with Gasteiger partial charge in [0.05, 0.1) is 69.9 Å². The summed E-state index contributed by atoms with van der Waals surface area (Å²) in [6.07, 6.45) is -2.56. The fraction of sp³-hybridized carbons (Fsp3) is 0.250. The van der Waals surface area contributed by atoms with Crippen molar-refractivity contribution in [2.45, 2.75) is 12.8 Å². The summed E-state index contributed by atoms with van der Waals surface area (Å²) < 4.78 is 0. The van der Waals surface area contributed by atoms with Crippen molar-refractivity contribution >= 4 is 71.6 Å². The Morgan fingerprint density at radius 2 is 0.479 bits per heavy atom. The van der Waals surface area contributed by atoms with Crippen LogP contribution in [0.5, 0.6) is 0 Å². The second-order valence-corrected chi connectivity index (χ2v) is 8.89. The average Bonchev–Trinajstić information content (AvgIpc) is 2.90. The van der Waals surface area contributed by atoms with Gasteiger partial charge in [-0.2, -0.15) is 0 Å². The summed E-state index contributed by atoms with van der Waals surface area (Å²) in [5, 5.41) is 108. The van der Waals surface area contributed by atoms with Crippen LogP contribution in [0.25, 0.3) is 0 Å². The van der Waals surface area contributed by atoms with Gasteiger partial charge in [-0.1, -0.05) is 0 Å². The molecule has 0 aliphatic carbocycles. The van der Waals surface area contributed by atoms with Gasteiger partial charge in [-0.25, -0.2) is 28.8 Å². The first kappa shape index (κ1) is 40.9. The Balaban J connectivity index is 0.000000920. The van der Waals surface area contributed by atoms with E-state index in [1.807, 2.05) is 0 Å². The van der Waals surface area contributed by atoms with Gasteiger partial charge < -0.3 is 61.3 Å². The predicted octanol–water partition coefficient (Wildman–Crippen LogP) is -1.39. The molecule has 4 unspecified atom stereocenters. The Morgan fingerprint density at radius 1 is 0.312 bits per heavy atom. The van der Waals surface area contributed by atoms with Gasteiger partial charge in [-0.05, 0) is 0 Å². The Bertz CT molecular complexity index is 1380. The van der Waals surface area contributed by atoms with Crippen LogP contribution in [0, 0.1) is 23.7 Å². The molecule has 0 saturated heterocycles. The smallest absolute Gasteiger partial charge is 0.337 e. The van der Waals surface area contributed by atoms with Crippen molar-refractivity contribution < 1.29 is 119 Å². The molecule has 0 bridgehead atoms. The molecule has 4 atom stereocenters. The zero-order chi connectivity index (χ0) is 38.1. The Hall–Kier alpha value is -7.14. The summed E-state index contributed by atoms with van der Waals surface area (Å²) in [5.74, 6) is -34.5. The zero-order valence-electron chi connectivity index (χ0n) is 23.0. The monoisotopic (exact) mass is 692 g/mol. The van der Waals surface area contributed by atoms with Crippen molar-refractivity contribution in [1.29, 1.82) is 0 Å². The van der Waals surface area contributed by atoms with Gasteiger partial charge in [0.15, 0.2) is 0 Å². The molecule has 1 aromatic carbocycles. The van der Waals surface area contributed by atoms with Crippen LogP contribution in [0.3, 0.4) is 0 Å². The molecule has 0 fully saturated rings. The van der Waals surface area contributed by atoms with Gasteiger partial charge in [-0.15, -0.1) is 0 Å². The lowest BCUT2D eigenvalue weighted by Gasteiger charge is -2.28. The predicted molar refractivity (Wildman–Crippen MR) is 137 cm³/mol. The van der Waals surface area contributed by atoms with Gasteiger partial charge in [0, 0.05) is 0 Å². The highest BCUT2D eigenvalue weighted by Gasteiger charge is 2.50. The lowest BCUT2D eigenvalue weighted by atomic mass is 9.72. The molecule has 12 N–H and O–H groups in total. The minimum atomic E-state index is -2.46. The highest BCUT2D eigenvalue weighted by molar-refractivity contribution is 6.22. The van der Waals surface area contributed by atoms with Crippen molar-refractivity contribution in [2.24, 2.45) is 23.7 Å². The second kappa shape index (κ2) is 16.3. The van der Waals surface area contributed by atoms with E-state index in [2.05, 4.69) is 0 Å². The van der Waals surface area contributed by atoms with Crippen molar-refractivity contribution in [1.82, 2.24) is 0 Å². The Morgan fingerprint density at radius 3 is 0.562 bits per heavy atom. The third-order valence-corrected chi connectivity index (χ3v) is 6.03. The number of carboxylic acid groups (broad SMARTS) is 12. The molecule has 48 heavy (non-hydrogen) atoms. The highest BCUT2D eigenvalue weighted by Crippen LogP contribution is 2.33. The average molecular weight is 692 g/mol. The van der Waals surface area contributed by atoms with E-state index in [1.54, 1.807) is 0 Å². The molecule has 1 rings (SSSR count). The van der Waals surface area contributed by atoms with Crippen LogP contribution in [-0.2, 0) is 28.8 Å². The third-order valence-electron chi connectivity index (χ3n) is 6.03. The number of aliphatic carboxylic acids is 6. The van der Waals surface area contributed by atoms with Crippen molar-refractivity contribution in [3.05, 3.63) is 33.4 Å². The first-order valence-electron chi connectivity index (χ1n) is 11.8. The normalized spacial score (nSPS) is 12.8. The summed E-state index contributed by atoms with van der Waals surface area (Å²) in [6.45, 7) is 0. The second-order valence-electron chi connectivity index (χ2n) is 8.89. The van der Waals surface area contributed by atoms with E-state index in [9.17, 15) is 57.5 Å². The molecule has 0 amide bonds. The molecule has 0 aliphatic rings. The fourth-order valence-electron chi connectivity index (χ4n) is 4.30. The minimum absolute atomic E-state index is 1.28. The first-order valence-corrected chi connectivity index (χ1v) is 11.8. The maximum Gasteiger partial charge on any atom is 0.337 e. The molecule has 0 spiro atoms. The van der Waals surface area contributed by atoms with Crippen LogP contribution in [0.4, 0.5) is 0 Å². The van der Waals surface area contributed by atoms with Crippen LogP contribution in [0.15, 0.2) is 0 Å². The van der Waals surface area contributed by atoms with E-state index < -0.39 is 142 Å². The molecule has 0 aromatic heterocycles. The van der Waals surface area contributed by atoms with E-state index in [-0.39, 0.29) is 0 Å². The number of hydrogen-bond acceptors (Lipinski definition) is 12. The summed E-state index contributed by atoms with van der Waals surface area (Å²) in [7, 11) is 0. The minimum Gasteiger partial charge on any atom is -0.481 e. The Kier molecular flexibility index (Phi) is 13.8. The number of carbonyl (C=O) groups is 12. The third kappa shape index (κ3) is 9.43. The summed E-state index contributed by atoms with van der Waals surface area (Å²) in [4.78, 5) is 134. The van der Waals surface area contributed by atoms with Gasteiger partial charge in [0.25, 0.3) is 0 Å². The van der Waals surface area contributed by atoms with E-state index in [0.29, 0.717) is 0 Å². The quantitative estimate of drug-likeness (QED) is 0.0894. The lowest BCUT2D eigenvalue weighted by Crippen LogP contribution is -2.45. The molecule has 0 aliphatic heterocycles. The van der Waals surface area contributed by atoms with Gasteiger partial charge in [0.1, 0.15) is 0 Å². The van der Waals surface area contributed by atoms with E-state index in [1.165, 1.54) is 0 Å². The lowest BCUT2D eigenvalue weighted by molar-refractivity contribution is -0.171. The number of carboxylic acids is 12. The fourth-order valence-corrected chi connectivity index (χ4v) is 4.30. The van der Waals surface area contributed by atoms with E-state index in [4.69, 9.17) is 61.3 Å². The first-order chi connectivity index (χ1) is 21.8. The van der Waals surface area contributed by atoms with Gasteiger partial charge in [0.2, 0.25) is 0 Å². The standard InChI is InChI=1S/C12H6O12.C12H14O12/c13-7(14)1-2(8(15)16)4(10(19)20)6(12(23)24)5(11(21)22)3(1)9(17)18;13-5(14)1-3(9(17)18)7(11(21)22)8(12(23)24)4(10(19)20)2-6(15)16/h(H,13,14)(H,15,16)(H,17,18)(H,19,20)(H,21,22)(H,23,24);3-4,7-8H,1-2H2,(H,13,14)(H,15,16)(H,17,18)(H,19,20)(H,21,22)(H,23,24). The topological polar surface area (TPSA) is 448 Å². The summed E-state index contributed by atoms with van der Waals surface area (Å²) in [6, 6.07) is 0. The molecular formula is C24H20O24. The maximum absolute atomic E-state index is 11.3. The molecule has 0 saturated carbocycles. The summed E-state index contributed by atoms with van der Waals surface area (Å²) >= 11 is 0. The van der Waals surface area contributed by atoms with Crippen molar-refractivity contribution in [3.8, 4) is 0 Å². The molecule has 24 heteroatoms. The van der Waals surface area contributed by atoms with Crippen LogP contribution in [0.1, 0.15) is 75.0 Å². The summed E-state index contributed by atoms with van der Waals surface area (Å²) in [5.41, 5.74) is -9.95. The SMILES string of the molecule is O=C(O)CC(C(=O)O)C(C(=O)O)C(C(=O)O)C(CC(=O)O)C(=O)O.O=C(O)c1c(C(=O)O)c(C(=O)O)c(C(=O)O)c(C(=O)O)c1C(=O)O. The number of aromatic carboxylic acids is 6. The molecule has 260 valence electrons. The van der Waals surface area contributed by atoms with E-state index in [0.717, 1.165) is 0 Å². The van der Waals surface area contributed by atoms with Crippen molar-refractivity contribution in [2.75, 3.05) is 0 Å². The van der Waals surface area contributed by atoms with Crippen LogP contribution >= 0.6 is 0 Å². The maximum atomic E-state index is 11.3. The number of rotatable bonds is 17. The van der Waals surface area contributed by atoms with E-state index >= 15 is 0 Å². The largest absolute Gasteiger partial charge is 0.481 e. The molecule has 0 heterocycles. The molecule has 24 nitrogen and oxygen atoms in total. The zero-order valence-corrected chi connectivity index (χ0v) is 23.0. The highest BCUT2D eigenvalue weighted by atomic mass is 16.4. The molecule has 1 aromatic rings. The molecular weight excluding hydrogens is 672 g/mol. The number of benzene rings is 1. The number of hydrogen-bond donors (Lipinski definition) is 12. The van der Waals surface area contributed by atoms with Crippen LogP contribution in [-0.4, -0.2) is 133 Å². The molecule has 0 radical (unpaired) electrons. The Labute approximate surface area is 260 Å². The van der Waals surface area contributed by atoms with Crippen LogP contribution < -0.4 is 0 Å². The van der Waals surface area contributed by atoms with Crippen molar-refractivity contribution in [3.63, 3.8) is 0 Å². The van der Waals surface area contributed by atoms with Crippen LogP contribution in [0.2, 0.25) is 0 Å². The van der Waals surface area contributed by atoms with Gasteiger partial charge >= 0.3 is 71.6 Å². The van der Waals surface area contributed by atoms with Gasteiger partial charge in [-0.3, -0.25) is 28.8 Å².